The van der Waals surface area contributed by atoms with E-state index >= 15 is 0 Å². The number of fused-ring (bicyclic) bond motifs is 3. The number of rotatable bonds is 10. The second kappa shape index (κ2) is 14.5. The second-order valence-electron chi connectivity index (χ2n) is 8.63. The van der Waals surface area contributed by atoms with E-state index in [0.717, 1.165) is 5.92 Å². The van der Waals surface area contributed by atoms with E-state index < -0.39 is 0 Å². The van der Waals surface area contributed by atoms with E-state index in [1.54, 1.807) is 11.1 Å². The maximum Gasteiger partial charge on any atom is 2.00 e. The van der Waals surface area contributed by atoms with Gasteiger partial charge in [-0.05, 0) is 46.9 Å². The van der Waals surface area contributed by atoms with Crippen LogP contribution in [-0.4, -0.2) is 0 Å². The Hall–Kier alpha value is -0.617. The Morgan fingerprint density at radius 2 is 1.23 bits per heavy atom. The van der Waals surface area contributed by atoms with Crippen molar-refractivity contribution in [1.82, 2.24) is 0 Å². The minimum atomic E-state index is 0. The van der Waals surface area contributed by atoms with E-state index in [9.17, 15) is 0 Å². The van der Waals surface area contributed by atoms with Crippen molar-refractivity contribution in [3.63, 3.8) is 0 Å². The average molecular weight is 533 g/mol. The van der Waals surface area contributed by atoms with E-state index in [1.807, 2.05) is 0 Å². The molecule has 1 unspecified atom stereocenters. The molecule has 0 fully saturated rings. The van der Waals surface area contributed by atoms with E-state index in [0.29, 0.717) is 11.8 Å². The third-order valence-electron chi connectivity index (χ3n) is 6.75. The molecule has 0 nitrogen and oxygen atoms in total. The standard InChI is InChI=1S/C28H34.2ClH.Zr/c1-2-3-4-5-6-7-16-23(22-14-8-9-15-22)21-28-26-19-12-10-17-24(26)25-18-11-13-20-27(25)28;;;/h8-15,17-20,22-23,28H,2-7,16,21H2,1H3;2*1H;/q;;;+2/p-2. The molecule has 0 radical (unpaired) electrons. The summed E-state index contributed by atoms with van der Waals surface area (Å²) in [4.78, 5) is 0. The molecule has 0 aromatic heterocycles. The van der Waals surface area contributed by atoms with Crippen molar-refractivity contribution in [3.05, 3.63) is 84.0 Å². The fourth-order valence-corrected chi connectivity index (χ4v) is 5.23. The van der Waals surface area contributed by atoms with Crippen LogP contribution in [0.25, 0.3) is 11.1 Å². The zero-order chi connectivity index (χ0) is 19.2. The van der Waals surface area contributed by atoms with Crippen LogP contribution in [0.2, 0.25) is 0 Å². The Morgan fingerprint density at radius 3 is 1.81 bits per heavy atom. The molecular weight excluding hydrogens is 498 g/mol. The molecule has 164 valence electrons. The Bertz CT molecular complexity index is 785. The van der Waals surface area contributed by atoms with Crippen LogP contribution in [0, 0.1) is 11.8 Å². The van der Waals surface area contributed by atoms with Gasteiger partial charge in [0.2, 0.25) is 0 Å². The van der Waals surface area contributed by atoms with Crippen molar-refractivity contribution in [2.24, 2.45) is 11.8 Å². The minimum Gasteiger partial charge on any atom is -1.00 e. The van der Waals surface area contributed by atoms with Crippen molar-refractivity contribution < 1.29 is 51.0 Å². The van der Waals surface area contributed by atoms with Gasteiger partial charge in [0.05, 0.1) is 0 Å². The Balaban J connectivity index is 0.00000160. The smallest absolute Gasteiger partial charge is 1.00 e. The van der Waals surface area contributed by atoms with Gasteiger partial charge in [0.1, 0.15) is 0 Å². The van der Waals surface area contributed by atoms with Gasteiger partial charge in [0.15, 0.2) is 0 Å². The first-order chi connectivity index (χ1) is 13.9. The van der Waals surface area contributed by atoms with Gasteiger partial charge in [0, 0.05) is 5.92 Å². The number of hydrogen-bond donors (Lipinski definition) is 0. The van der Waals surface area contributed by atoms with Gasteiger partial charge >= 0.3 is 26.2 Å². The van der Waals surface area contributed by atoms with Gasteiger partial charge in [-0.15, -0.1) is 0 Å². The van der Waals surface area contributed by atoms with Gasteiger partial charge in [-0.25, -0.2) is 0 Å². The molecule has 0 N–H and O–H groups in total. The fourth-order valence-electron chi connectivity index (χ4n) is 5.23. The summed E-state index contributed by atoms with van der Waals surface area (Å²) in [5.41, 5.74) is 6.00. The normalized spacial score (nSPS) is 14.9. The molecule has 0 bridgehead atoms. The summed E-state index contributed by atoms with van der Waals surface area (Å²) in [5, 5.41) is 0. The predicted molar refractivity (Wildman–Crippen MR) is 122 cm³/mol. The molecule has 2 aliphatic rings. The van der Waals surface area contributed by atoms with Gasteiger partial charge in [-0.2, -0.15) is 0 Å². The topological polar surface area (TPSA) is 0 Å². The van der Waals surface area contributed by atoms with Crippen molar-refractivity contribution >= 4 is 0 Å². The third kappa shape index (κ3) is 6.93. The molecule has 2 aliphatic carbocycles. The molecule has 0 saturated heterocycles. The van der Waals surface area contributed by atoms with Crippen molar-refractivity contribution in [3.8, 4) is 11.1 Å². The monoisotopic (exact) mass is 530 g/mol. The van der Waals surface area contributed by atoms with Crippen LogP contribution in [0.3, 0.4) is 0 Å². The minimum absolute atomic E-state index is 0. The maximum atomic E-state index is 2.43. The number of benzene rings is 2. The number of hydrogen-bond acceptors (Lipinski definition) is 0. The number of halogens is 2. The molecule has 31 heavy (non-hydrogen) atoms. The molecule has 1 atom stereocenters. The first-order valence-electron chi connectivity index (χ1n) is 11.4. The van der Waals surface area contributed by atoms with Crippen LogP contribution in [0.4, 0.5) is 0 Å². The molecule has 2 aromatic carbocycles. The summed E-state index contributed by atoms with van der Waals surface area (Å²) >= 11 is 0. The largest absolute Gasteiger partial charge is 2.00 e. The Labute approximate surface area is 220 Å². The second-order valence-corrected chi connectivity index (χ2v) is 8.63. The van der Waals surface area contributed by atoms with E-state index in [4.69, 9.17) is 0 Å². The summed E-state index contributed by atoms with van der Waals surface area (Å²) in [6.45, 7) is 2.30. The summed E-state index contributed by atoms with van der Waals surface area (Å²) in [6.07, 6.45) is 20.3. The van der Waals surface area contributed by atoms with Crippen LogP contribution in [0.5, 0.6) is 0 Å². The van der Waals surface area contributed by atoms with Crippen molar-refractivity contribution in [1.29, 1.82) is 0 Å². The molecule has 0 aliphatic heterocycles. The van der Waals surface area contributed by atoms with Crippen molar-refractivity contribution in [2.45, 2.75) is 64.2 Å². The average Bonchev–Trinajstić information content (AvgIpc) is 3.37. The number of allylic oxidation sites excluding steroid dienone is 4. The molecule has 0 spiro atoms. The zero-order valence-electron chi connectivity index (χ0n) is 18.6. The first-order valence-corrected chi connectivity index (χ1v) is 11.4. The summed E-state index contributed by atoms with van der Waals surface area (Å²) < 4.78 is 0. The Kier molecular flexibility index (Phi) is 13.3. The van der Waals surface area contributed by atoms with Gasteiger partial charge in [-0.3, -0.25) is 0 Å². The van der Waals surface area contributed by atoms with Crippen LogP contribution in [0.1, 0.15) is 75.3 Å². The Morgan fingerprint density at radius 1 is 0.710 bits per heavy atom. The summed E-state index contributed by atoms with van der Waals surface area (Å²) in [6, 6.07) is 18.2. The van der Waals surface area contributed by atoms with Crippen LogP contribution < -0.4 is 24.8 Å². The molecule has 4 rings (SSSR count). The van der Waals surface area contributed by atoms with Crippen molar-refractivity contribution in [2.75, 3.05) is 0 Å². The summed E-state index contributed by atoms with van der Waals surface area (Å²) in [5.74, 6) is 1.92. The SMILES string of the molecule is CCCCCCCCC(CC1c2ccccc2-c2ccccc21)C1C=CC=C1.[Cl-].[Cl-].[Zr+2]. The van der Waals surface area contributed by atoms with Crippen LogP contribution in [-0.2, 0) is 26.2 Å². The van der Waals surface area contributed by atoms with Gasteiger partial charge in [0.25, 0.3) is 0 Å². The van der Waals surface area contributed by atoms with E-state index in [-0.39, 0.29) is 51.0 Å². The van der Waals surface area contributed by atoms with E-state index in [1.165, 1.54) is 62.5 Å². The predicted octanol–water partition coefficient (Wildman–Crippen LogP) is 2.30. The number of unbranched alkanes of at least 4 members (excludes halogenated alkanes) is 5. The van der Waals surface area contributed by atoms with E-state index in [2.05, 4.69) is 79.8 Å². The molecular formula is C28H34Cl2Zr. The van der Waals surface area contributed by atoms with Gasteiger partial charge < -0.3 is 24.8 Å². The van der Waals surface area contributed by atoms with Crippen LogP contribution in [0.15, 0.2) is 72.8 Å². The maximum absolute atomic E-state index is 2.43. The zero-order valence-corrected chi connectivity index (χ0v) is 22.5. The van der Waals surface area contributed by atoms with Crippen LogP contribution >= 0.6 is 0 Å². The fraction of sp³-hybridized carbons (Fsp3) is 0.429. The first kappa shape index (κ1) is 28.4. The molecule has 0 amide bonds. The molecule has 0 heterocycles. The third-order valence-corrected chi connectivity index (χ3v) is 6.75. The molecule has 0 saturated carbocycles. The quantitative estimate of drug-likeness (QED) is 0.412. The van der Waals surface area contributed by atoms with Gasteiger partial charge in [-0.1, -0.05) is 118 Å². The molecule has 2 aromatic rings. The molecule has 3 heteroatoms. The summed E-state index contributed by atoms with van der Waals surface area (Å²) in [7, 11) is 0.